The van der Waals surface area contributed by atoms with Gasteiger partial charge >= 0.3 is 6.08 Å². The van der Waals surface area contributed by atoms with Crippen LogP contribution in [0.5, 0.6) is 0 Å². The monoisotopic (exact) mass is 391 g/mol. The van der Waals surface area contributed by atoms with Gasteiger partial charge in [-0.25, -0.2) is 4.98 Å². The second-order valence-corrected chi connectivity index (χ2v) is 6.53. The fourth-order valence-electron chi connectivity index (χ4n) is 2.84. The molecule has 1 saturated heterocycles. The molecule has 1 aliphatic heterocycles. The van der Waals surface area contributed by atoms with Gasteiger partial charge in [0.1, 0.15) is 6.23 Å². The van der Waals surface area contributed by atoms with Gasteiger partial charge in [0.05, 0.1) is 6.33 Å². The molecule has 1 aromatic carbocycles. The summed E-state index contributed by atoms with van der Waals surface area (Å²) >= 11 is 3.44. The summed E-state index contributed by atoms with van der Waals surface area (Å²) in [5.41, 5.74) is 2.04. The third-order valence-corrected chi connectivity index (χ3v) is 4.45. The highest BCUT2D eigenvalue weighted by atomic mass is 79.9. The number of rotatable bonds is 4. The van der Waals surface area contributed by atoms with Crippen molar-refractivity contribution >= 4 is 32.9 Å². The van der Waals surface area contributed by atoms with Gasteiger partial charge < -0.3 is 10.1 Å². The summed E-state index contributed by atoms with van der Waals surface area (Å²) in [6, 6.07) is 7.88. The molecule has 1 atom stereocenters. The molecular formula is C16H15BrFN5O. The maximum absolute atomic E-state index is 13.9. The van der Waals surface area contributed by atoms with Gasteiger partial charge in [-0.05, 0) is 30.5 Å². The van der Waals surface area contributed by atoms with Gasteiger partial charge in [0.25, 0.3) is 0 Å². The Morgan fingerprint density at radius 3 is 3.08 bits per heavy atom. The Hall–Kier alpha value is -2.06. The molecule has 124 valence electrons. The minimum Gasteiger partial charge on any atom is -0.364 e. The molecule has 8 heteroatoms. The average molecular weight is 392 g/mol. The van der Waals surface area contributed by atoms with E-state index in [1.54, 1.807) is 10.9 Å². The lowest BCUT2D eigenvalue weighted by atomic mass is 10.2. The number of imidazole rings is 1. The number of halogens is 2. The quantitative estimate of drug-likeness (QED) is 0.687. The third-order valence-electron chi connectivity index (χ3n) is 3.96. The second kappa shape index (κ2) is 6.45. The molecule has 3 aromatic rings. The number of ether oxygens (including phenoxy) is 1. The van der Waals surface area contributed by atoms with Crippen LogP contribution >= 0.6 is 15.9 Å². The number of nitrogens with one attached hydrogen (secondary N) is 1. The molecule has 24 heavy (non-hydrogen) atoms. The Kier molecular flexibility index (Phi) is 4.15. The van der Waals surface area contributed by atoms with Crippen molar-refractivity contribution in [3.63, 3.8) is 0 Å². The van der Waals surface area contributed by atoms with Crippen LogP contribution in [0.15, 0.2) is 35.1 Å². The Bertz CT molecular complexity index is 878. The molecule has 1 fully saturated rings. The van der Waals surface area contributed by atoms with Crippen molar-refractivity contribution < 1.29 is 9.13 Å². The predicted octanol–water partition coefficient (Wildman–Crippen LogP) is 3.65. The number of benzene rings is 1. The maximum atomic E-state index is 13.9. The Morgan fingerprint density at radius 1 is 1.38 bits per heavy atom. The van der Waals surface area contributed by atoms with E-state index in [0.29, 0.717) is 30.1 Å². The molecule has 1 unspecified atom stereocenters. The van der Waals surface area contributed by atoms with Crippen LogP contribution < -0.4 is 5.32 Å². The van der Waals surface area contributed by atoms with E-state index in [0.717, 1.165) is 22.9 Å². The molecule has 0 aliphatic carbocycles. The number of anilines is 1. The van der Waals surface area contributed by atoms with Crippen molar-refractivity contribution in [3.8, 4) is 0 Å². The van der Waals surface area contributed by atoms with Crippen molar-refractivity contribution in [2.75, 3.05) is 11.9 Å². The lowest BCUT2D eigenvalue weighted by Crippen LogP contribution is -2.09. The lowest BCUT2D eigenvalue weighted by molar-refractivity contribution is 0.0592. The van der Waals surface area contributed by atoms with Crippen LogP contribution in [0.4, 0.5) is 10.2 Å². The molecule has 0 spiro atoms. The first-order valence-corrected chi connectivity index (χ1v) is 8.50. The van der Waals surface area contributed by atoms with Crippen molar-refractivity contribution in [1.82, 2.24) is 19.5 Å². The maximum Gasteiger partial charge on any atom is 0.312 e. The van der Waals surface area contributed by atoms with E-state index in [2.05, 4.69) is 36.2 Å². The van der Waals surface area contributed by atoms with E-state index >= 15 is 0 Å². The summed E-state index contributed by atoms with van der Waals surface area (Å²) in [6.45, 7) is 1.21. The second-order valence-electron chi connectivity index (χ2n) is 5.62. The van der Waals surface area contributed by atoms with Crippen LogP contribution in [0, 0.1) is 6.08 Å². The number of nitrogens with zero attached hydrogens (tertiary/aromatic N) is 4. The SMILES string of the molecule is Fc1nc(NCc2cccc(Br)c2)c2ncn(C3CCCO3)c2n1. The van der Waals surface area contributed by atoms with Crippen molar-refractivity contribution in [2.24, 2.45) is 0 Å². The average Bonchev–Trinajstić information content (AvgIpc) is 3.21. The van der Waals surface area contributed by atoms with E-state index in [9.17, 15) is 4.39 Å². The molecule has 3 heterocycles. The zero-order valence-corrected chi connectivity index (χ0v) is 14.3. The van der Waals surface area contributed by atoms with Gasteiger partial charge in [-0.2, -0.15) is 14.4 Å². The van der Waals surface area contributed by atoms with Crippen molar-refractivity contribution in [2.45, 2.75) is 25.6 Å². The summed E-state index contributed by atoms with van der Waals surface area (Å²) in [4.78, 5) is 12.1. The number of hydrogen-bond acceptors (Lipinski definition) is 5. The molecule has 6 nitrogen and oxygen atoms in total. The number of fused-ring (bicyclic) bond motifs is 1. The fourth-order valence-corrected chi connectivity index (χ4v) is 3.28. The van der Waals surface area contributed by atoms with Crippen LogP contribution in [0.3, 0.4) is 0 Å². The highest BCUT2D eigenvalue weighted by molar-refractivity contribution is 9.10. The topological polar surface area (TPSA) is 64.9 Å². The first-order chi connectivity index (χ1) is 11.7. The Balaban J connectivity index is 1.65. The predicted molar refractivity (Wildman–Crippen MR) is 91.0 cm³/mol. The van der Waals surface area contributed by atoms with Gasteiger partial charge in [-0.15, -0.1) is 0 Å². The molecule has 0 amide bonds. The van der Waals surface area contributed by atoms with Crippen LogP contribution in [0.1, 0.15) is 24.6 Å². The summed E-state index contributed by atoms with van der Waals surface area (Å²) in [5.74, 6) is 0.384. The van der Waals surface area contributed by atoms with Crippen LogP contribution in [-0.2, 0) is 11.3 Å². The third kappa shape index (κ3) is 2.99. The Labute approximate surface area is 146 Å². The van der Waals surface area contributed by atoms with Crippen LogP contribution in [-0.4, -0.2) is 26.1 Å². The molecule has 0 bridgehead atoms. The van der Waals surface area contributed by atoms with Gasteiger partial charge in [0.2, 0.25) is 0 Å². The van der Waals surface area contributed by atoms with E-state index in [1.807, 2.05) is 24.3 Å². The largest absolute Gasteiger partial charge is 0.364 e. The molecule has 1 aliphatic rings. The highest BCUT2D eigenvalue weighted by Gasteiger charge is 2.22. The lowest BCUT2D eigenvalue weighted by Gasteiger charge is -2.12. The zero-order chi connectivity index (χ0) is 16.5. The highest BCUT2D eigenvalue weighted by Crippen LogP contribution is 2.28. The number of aromatic nitrogens is 4. The standard InChI is InChI=1S/C16H15BrFN5O/c17-11-4-1-3-10(7-11)8-19-14-13-15(22-16(18)21-14)23(9-20-13)12-5-2-6-24-12/h1,3-4,7,9,12H,2,5-6,8H2,(H,19,21,22). The fraction of sp³-hybridized carbons (Fsp3) is 0.312. The van der Waals surface area contributed by atoms with Crippen LogP contribution in [0.2, 0.25) is 0 Å². The molecule has 0 radical (unpaired) electrons. The first-order valence-electron chi connectivity index (χ1n) is 7.71. The summed E-state index contributed by atoms with van der Waals surface area (Å²) in [7, 11) is 0. The van der Waals surface area contributed by atoms with Crippen molar-refractivity contribution in [3.05, 3.63) is 46.7 Å². The smallest absolute Gasteiger partial charge is 0.312 e. The van der Waals surface area contributed by atoms with E-state index in [4.69, 9.17) is 4.74 Å². The van der Waals surface area contributed by atoms with Crippen molar-refractivity contribution in [1.29, 1.82) is 0 Å². The van der Waals surface area contributed by atoms with Gasteiger partial charge in [-0.3, -0.25) is 4.57 Å². The van der Waals surface area contributed by atoms with Gasteiger partial charge in [0.15, 0.2) is 17.0 Å². The molecule has 0 saturated carbocycles. The number of hydrogen-bond donors (Lipinski definition) is 1. The van der Waals surface area contributed by atoms with Gasteiger partial charge in [0, 0.05) is 17.6 Å². The van der Waals surface area contributed by atoms with Crippen LogP contribution in [0.25, 0.3) is 11.2 Å². The Morgan fingerprint density at radius 2 is 2.29 bits per heavy atom. The molecule has 4 rings (SSSR count). The normalized spacial score (nSPS) is 17.5. The summed E-state index contributed by atoms with van der Waals surface area (Å²) in [6.07, 6.45) is 2.57. The minimum atomic E-state index is -0.779. The summed E-state index contributed by atoms with van der Waals surface area (Å²) in [5, 5.41) is 3.15. The van der Waals surface area contributed by atoms with E-state index in [-0.39, 0.29) is 6.23 Å². The minimum absolute atomic E-state index is 0.137. The van der Waals surface area contributed by atoms with E-state index in [1.165, 1.54) is 0 Å². The molecule has 1 N–H and O–H groups in total. The van der Waals surface area contributed by atoms with E-state index < -0.39 is 6.08 Å². The zero-order valence-electron chi connectivity index (χ0n) is 12.7. The van der Waals surface area contributed by atoms with Gasteiger partial charge in [-0.1, -0.05) is 28.1 Å². The first kappa shape index (κ1) is 15.5. The molecule has 2 aromatic heterocycles. The molecular weight excluding hydrogens is 377 g/mol. The summed E-state index contributed by atoms with van der Waals surface area (Å²) < 4.78 is 22.3.